The number of aromatic nitrogens is 4. The molecule has 25 heteroatoms. The maximum absolute atomic E-state index is 15.8. The third-order valence-corrected chi connectivity index (χ3v) is 15.7. The summed E-state index contributed by atoms with van der Waals surface area (Å²) in [6, 6.07) is 45.1. The monoisotopic (exact) mass is 1200 g/mol. The smallest absolute Gasteiger partial charge is 0.475 e. The minimum Gasteiger partial charge on any atom is -0.497 e. The normalized spacial score (nSPS) is 20.7. The number of ether oxygens (including phenoxy) is 8. The zero-order chi connectivity index (χ0) is 61.0. The first-order chi connectivity index (χ1) is 41.5. The van der Waals surface area contributed by atoms with E-state index in [4.69, 9.17) is 51.5 Å². The van der Waals surface area contributed by atoms with Gasteiger partial charge in [-0.25, -0.2) is 14.2 Å². The van der Waals surface area contributed by atoms with E-state index in [2.05, 4.69) is 9.97 Å². The molecule has 0 bridgehead atoms. The van der Waals surface area contributed by atoms with Crippen LogP contribution in [0.5, 0.6) is 11.5 Å². The Morgan fingerprint density at radius 3 is 1.59 bits per heavy atom. The number of esters is 3. The van der Waals surface area contributed by atoms with Gasteiger partial charge in [0, 0.05) is 44.3 Å². The quantitative estimate of drug-likeness (QED) is 0.0201. The maximum atomic E-state index is 15.8. The van der Waals surface area contributed by atoms with Gasteiger partial charge in [-0.1, -0.05) is 115 Å². The Morgan fingerprint density at radius 2 is 1.09 bits per heavy atom. The topological polar surface area (TPSA) is 303 Å². The highest BCUT2D eigenvalue weighted by molar-refractivity contribution is 7.48. The lowest BCUT2D eigenvalue weighted by Crippen LogP contribution is -2.42. The van der Waals surface area contributed by atoms with Crippen molar-refractivity contribution in [2.24, 2.45) is 5.92 Å². The molecule has 2 aliphatic heterocycles. The van der Waals surface area contributed by atoms with E-state index in [1.165, 1.54) is 14.2 Å². The summed E-state index contributed by atoms with van der Waals surface area (Å²) in [5, 5.41) is 9.74. The molecule has 9 atom stereocenters. The van der Waals surface area contributed by atoms with Crippen molar-refractivity contribution in [1.82, 2.24) is 19.1 Å². The Bertz CT molecular complexity index is 3710. The summed E-state index contributed by atoms with van der Waals surface area (Å²) in [6.45, 7) is 0.103. The third kappa shape index (κ3) is 14.2. The van der Waals surface area contributed by atoms with Gasteiger partial charge >= 0.3 is 37.1 Å². The SMILES string of the molecule is COc1ccc(C(OC[C@H]2O[C@@H](n3ccc(=O)[nH]c3=O)[C@H](CC(=O)OC(c3ccccc3)c3ccccc3)[C@@H]2OP(=O)(OCCC#N)OC[C@H]2O[C@@H](n3ccc(=O)[nH]c3=O)[C@H](OC(C)=O)[C@@H]2OC(C)=O)(c2ccccc2)c2ccc(OC)cc2)cc1. The van der Waals surface area contributed by atoms with Crippen molar-refractivity contribution in [3.8, 4) is 17.6 Å². The van der Waals surface area contributed by atoms with E-state index in [1.807, 2.05) is 36.4 Å². The fraction of sp³-hybridized carbons (Fsp3) is 0.311. The van der Waals surface area contributed by atoms with Crippen LogP contribution in [0.2, 0.25) is 0 Å². The number of carbonyl (C=O) groups excluding carboxylic acids is 3. The molecule has 2 fully saturated rings. The van der Waals surface area contributed by atoms with Crippen molar-refractivity contribution in [1.29, 1.82) is 5.26 Å². The Kier molecular flexibility index (Phi) is 19.9. The van der Waals surface area contributed by atoms with Crippen LogP contribution in [0.15, 0.2) is 183 Å². The number of phosphoric acid groups is 1. The number of nitrogens with one attached hydrogen (secondary N) is 2. The molecule has 0 saturated carbocycles. The Morgan fingerprint density at radius 1 is 0.616 bits per heavy atom. The number of hydrogen-bond donors (Lipinski definition) is 2. The van der Waals surface area contributed by atoms with Crippen LogP contribution in [-0.4, -0.2) is 102 Å². The van der Waals surface area contributed by atoms with Crippen molar-refractivity contribution < 1.29 is 70.4 Å². The number of H-pyrrole nitrogens is 2. The Hall–Kier alpha value is -9.05. The molecular weight excluding hydrogens is 1140 g/mol. The molecule has 2 aromatic heterocycles. The molecular formula is C61H60N5O19P. The van der Waals surface area contributed by atoms with Crippen LogP contribution in [0.3, 0.4) is 0 Å². The molecule has 2 aliphatic rings. The first kappa shape index (κ1) is 61.5. The van der Waals surface area contributed by atoms with Gasteiger partial charge in [-0.2, -0.15) is 5.26 Å². The van der Waals surface area contributed by atoms with E-state index in [-0.39, 0.29) is 6.42 Å². The zero-order valence-electron chi connectivity index (χ0n) is 46.9. The summed E-state index contributed by atoms with van der Waals surface area (Å²) < 4.78 is 85.4. The summed E-state index contributed by atoms with van der Waals surface area (Å²) in [7, 11) is -2.21. The van der Waals surface area contributed by atoms with Gasteiger partial charge in [0.2, 0.25) is 0 Å². The summed E-state index contributed by atoms with van der Waals surface area (Å²) in [4.78, 5) is 96.7. The highest BCUT2D eigenvalue weighted by Gasteiger charge is 2.55. The van der Waals surface area contributed by atoms with Crippen LogP contribution in [0, 0.1) is 17.2 Å². The van der Waals surface area contributed by atoms with Gasteiger partial charge in [0.15, 0.2) is 24.5 Å². The lowest BCUT2D eigenvalue weighted by atomic mass is 9.80. The van der Waals surface area contributed by atoms with Crippen LogP contribution in [0.25, 0.3) is 0 Å². The average Bonchev–Trinajstić information content (AvgIpc) is 1.37. The molecule has 5 aromatic carbocycles. The Labute approximate surface area is 491 Å². The number of rotatable bonds is 25. The van der Waals surface area contributed by atoms with Crippen LogP contribution in [-0.2, 0) is 66.5 Å². The van der Waals surface area contributed by atoms with Gasteiger partial charge in [-0.3, -0.25) is 56.6 Å². The van der Waals surface area contributed by atoms with E-state index in [0.29, 0.717) is 39.3 Å². The molecule has 0 spiro atoms. The van der Waals surface area contributed by atoms with Gasteiger partial charge in [-0.15, -0.1) is 0 Å². The number of aromatic amines is 2. The van der Waals surface area contributed by atoms with Gasteiger partial charge in [0.1, 0.15) is 41.6 Å². The Balaban J connectivity index is 1.17. The van der Waals surface area contributed by atoms with Crippen molar-refractivity contribution in [2.45, 2.75) is 81.4 Å². The van der Waals surface area contributed by atoms with Crippen LogP contribution >= 0.6 is 7.82 Å². The van der Waals surface area contributed by atoms with E-state index < -0.39 is 135 Å². The number of hydrogen-bond acceptors (Lipinski definition) is 20. The molecule has 0 amide bonds. The molecule has 2 saturated heterocycles. The molecule has 1 unspecified atom stereocenters. The minimum absolute atomic E-state index is 0.374. The fourth-order valence-corrected chi connectivity index (χ4v) is 11.8. The highest BCUT2D eigenvalue weighted by atomic mass is 31.2. The summed E-state index contributed by atoms with van der Waals surface area (Å²) in [5.41, 5.74) is -2.09. The number of phosphoric ester groups is 1. The van der Waals surface area contributed by atoms with E-state index >= 15 is 4.57 Å². The molecule has 0 aliphatic carbocycles. The lowest BCUT2D eigenvalue weighted by molar-refractivity contribution is -0.165. The standard InChI is InChI=1S/C61H60N5O19P/c1-38(67)80-55-49(83-58(56(55)81-39(2)68)66-33-30-51(70)64-60(66)73)37-79-86(74,78-34-14-31-62)85-54-47(35-52(71)84-53(40-15-8-5-9-16-40)41-17-10-6-11-18-41)57(65-32-29-50(69)63-59(65)72)82-48(54)36-77-61(42-19-12-7-13-20-42,43-21-25-45(75-3)26-22-43)44-23-27-46(76-4)28-24-44/h5-13,15-30,32-33,47-49,53-58H,14,34-37H2,1-4H3,(H,63,69,72)(H,64,70,73)/t47-,48-,49-,54+,55-,56-,57-,58-,86?/m1/s1. The number of nitriles is 1. The number of methoxy groups -OCH3 is 2. The lowest BCUT2D eigenvalue weighted by Gasteiger charge is -2.37. The fourth-order valence-electron chi connectivity index (χ4n) is 10.4. The predicted molar refractivity (Wildman–Crippen MR) is 303 cm³/mol. The van der Waals surface area contributed by atoms with Crippen LogP contribution in [0.1, 0.15) is 73.1 Å². The molecule has 4 heterocycles. The van der Waals surface area contributed by atoms with E-state index in [9.17, 15) is 38.8 Å². The molecule has 86 heavy (non-hydrogen) atoms. The van der Waals surface area contributed by atoms with Crippen molar-refractivity contribution in [3.05, 3.63) is 234 Å². The van der Waals surface area contributed by atoms with Crippen LogP contribution in [0.4, 0.5) is 0 Å². The summed E-state index contributed by atoms with van der Waals surface area (Å²) in [5.74, 6) is -3.03. The first-order valence-electron chi connectivity index (χ1n) is 27.0. The second kappa shape index (κ2) is 27.8. The maximum Gasteiger partial charge on any atom is 0.475 e. The van der Waals surface area contributed by atoms with Gasteiger partial charge in [-0.05, 0) is 52.1 Å². The van der Waals surface area contributed by atoms with Crippen molar-refractivity contribution >= 4 is 25.7 Å². The van der Waals surface area contributed by atoms with Crippen molar-refractivity contribution in [3.63, 3.8) is 0 Å². The predicted octanol–water partition coefficient (Wildman–Crippen LogP) is 6.55. The van der Waals surface area contributed by atoms with Gasteiger partial charge < -0.3 is 37.9 Å². The molecule has 448 valence electrons. The average molecular weight is 1200 g/mol. The second-order valence-corrected chi connectivity index (χ2v) is 21.4. The van der Waals surface area contributed by atoms with E-state index in [1.54, 1.807) is 109 Å². The molecule has 9 rings (SSSR count). The number of carbonyl (C=O) groups is 3. The zero-order valence-corrected chi connectivity index (χ0v) is 47.8. The van der Waals surface area contributed by atoms with Crippen LogP contribution < -0.4 is 32.0 Å². The first-order valence-corrected chi connectivity index (χ1v) is 28.5. The molecule has 24 nitrogen and oxygen atoms in total. The number of benzene rings is 5. The van der Waals surface area contributed by atoms with Gasteiger partial charge in [0.05, 0.1) is 53.0 Å². The molecule has 7 aromatic rings. The van der Waals surface area contributed by atoms with Gasteiger partial charge in [0.25, 0.3) is 11.1 Å². The highest BCUT2D eigenvalue weighted by Crippen LogP contribution is 2.56. The number of nitrogens with zero attached hydrogens (tertiary/aromatic N) is 3. The molecule has 2 N–H and O–H groups in total. The summed E-state index contributed by atoms with van der Waals surface area (Å²) in [6.07, 6.45) is -10.9. The summed E-state index contributed by atoms with van der Waals surface area (Å²) >= 11 is 0. The minimum atomic E-state index is -5.26. The van der Waals surface area contributed by atoms with E-state index in [0.717, 1.165) is 47.5 Å². The third-order valence-electron chi connectivity index (χ3n) is 14.2. The molecule has 0 radical (unpaired) electrons. The largest absolute Gasteiger partial charge is 0.497 e. The van der Waals surface area contributed by atoms with Crippen molar-refractivity contribution in [2.75, 3.05) is 34.0 Å². The second-order valence-electron chi connectivity index (χ2n) is 19.7.